The highest BCUT2D eigenvalue weighted by atomic mass is 35.5. The van der Waals surface area contributed by atoms with Gasteiger partial charge in [0.25, 0.3) is 0 Å². The van der Waals surface area contributed by atoms with Gasteiger partial charge < -0.3 is 4.74 Å². The molecule has 0 aliphatic heterocycles. The van der Waals surface area contributed by atoms with E-state index >= 15 is 0 Å². The Balaban J connectivity index is 2.21. The van der Waals surface area contributed by atoms with Gasteiger partial charge in [-0.3, -0.25) is 0 Å². The highest BCUT2D eigenvalue weighted by Crippen LogP contribution is 2.26. The fourth-order valence-corrected chi connectivity index (χ4v) is 1.81. The molecule has 0 heterocycles. The molecule has 0 unspecified atom stereocenters. The summed E-state index contributed by atoms with van der Waals surface area (Å²) in [7, 11) is 0. The van der Waals surface area contributed by atoms with E-state index in [4.69, 9.17) is 16.3 Å². The average molecular weight is 247 g/mol. The first-order valence-corrected chi connectivity index (χ1v) is 6.12. The molecule has 2 rings (SSSR count). The van der Waals surface area contributed by atoms with E-state index in [0.717, 1.165) is 22.6 Å². The van der Waals surface area contributed by atoms with Crippen molar-refractivity contribution in [2.45, 2.75) is 19.7 Å². The third-order valence-corrected chi connectivity index (χ3v) is 2.95. The van der Waals surface area contributed by atoms with Crippen LogP contribution < -0.4 is 4.74 Å². The normalized spacial score (nSPS) is 10.3. The van der Waals surface area contributed by atoms with Gasteiger partial charge in [-0.1, -0.05) is 29.8 Å². The van der Waals surface area contributed by atoms with Crippen LogP contribution >= 0.6 is 11.6 Å². The number of alkyl halides is 1. The van der Waals surface area contributed by atoms with E-state index in [1.165, 1.54) is 5.56 Å². The number of hydrogen-bond donors (Lipinski definition) is 0. The average Bonchev–Trinajstić information content (AvgIpc) is 2.34. The van der Waals surface area contributed by atoms with Crippen LogP contribution in [0.4, 0.5) is 0 Å². The van der Waals surface area contributed by atoms with Gasteiger partial charge in [0.1, 0.15) is 11.5 Å². The van der Waals surface area contributed by atoms with Crippen molar-refractivity contribution in [3.05, 3.63) is 59.2 Å². The Morgan fingerprint density at radius 3 is 2.29 bits per heavy atom. The number of rotatable bonds is 3. The number of hydrogen-bond acceptors (Lipinski definition) is 1. The largest absolute Gasteiger partial charge is 0.457 e. The lowest BCUT2D eigenvalue weighted by Gasteiger charge is -2.09. The van der Waals surface area contributed by atoms with Gasteiger partial charge in [0.2, 0.25) is 0 Å². The predicted octanol–water partition coefficient (Wildman–Crippen LogP) is 4.83. The van der Waals surface area contributed by atoms with Crippen LogP contribution in [0, 0.1) is 13.8 Å². The van der Waals surface area contributed by atoms with Crippen molar-refractivity contribution < 1.29 is 4.74 Å². The fraction of sp³-hybridized carbons (Fsp3) is 0.200. The standard InChI is InChI=1S/C15H15ClO/c1-11-3-6-14(7-4-11)17-15-8-5-13(10-16)9-12(15)2/h3-9H,10H2,1-2H3. The summed E-state index contributed by atoms with van der Waals surface area (Å²) in [5.41, 5.74) is 3.44. The Morgan fingerprint density at radius 2 is 1.71 bits per heavy atom. The van der Waals surface area contributed by atoms with Crippen LogP contribution in [-0.2, 0) is 5.88 Å². The van der Waals surface area contributed by atoms with Gasteiger partial charge in [0.15, 0.2) is 0 Å². The summed E-state index contributed by atoms with van der Waals surface area (Å²) in [4.78, 5) is 0. The molecule has 2 aromatic carbocycles. The second-order valence-electron chi connectivity index (χ2n) is 4.15. The topological polar surface area (TPSA) is 9.23 Å². The molecule has 0 atom stereocenters. The van der Waals surface area contributed by atoms with Crippen LogP contribution in [0.2, 0.25) is 0 Å². The third kappa shape index (κ3) is 3.01. The molecule has 0 saturated carbocycles. The van der Waals surface area contributed by atoms with E-state index in [0.29, 0.717) is 5.88 Å². The van der Waals surface area contributed by atoms with Gasteiger partial charge >= 0.3 is 0 Å². The van der Waals surface area contributed by atoms with Crippen molar-refractivity contribution in [1.82, 2.24) is 0 Å². The first-order valence-electron chi connectivity index (χ1n) is 5.59. The molecule has 0 saturated heterocycles. The Hall–Kier alpha value is -1.47. The molecule has 0 aliphatic carbocycles. The van der Waals surface area contributed by atoms with Gasteiger partial charge in [-0.05, 0) is 43.2 Å². The summed E-state index contributed by atoms with van der Waals surface area (Å²) in [6.07, 6.45) is 0. The number of benzene rings is 2. The zero-order valence-electron chi connectivity index (χ0n) is 10.0. The van der Waals surface area contributed by atoms with Crippen molar-refractivity contribution in [3.63, 3.8) is 0 Å². The molecule has 17 heavy (non-hydrogen) atoms. The molecule has 88 valence electrons. The lowest BCUT2D eigenvalue weighted by Crippen LogP contribution is -1.89. The van der Waals surface area contributed by atoms with E-state index in [1.807, 2.05) is 43.3 Å². The minimum atomic E-state index is 0.533. The minimum Gasteiger partial charge on any atom is -0.457 e. The molecule has 0 bridgehead atoms. The van der Waals surface area contributed by atoms with Crippen molar-refractivity contribution in [1.29, 1.82) is 0 Å². The van der Waals surface area contributed by atoms with Crippen molar-refractivity contribution in [3.8, 4) is 11.5 Å². The summed E-state index contributed by atoms with van der Waals surface area (Å²) in [6.45, 7) is 4.09. The molecular formula is C15H15ClO. The second kappa shape index (κ2) is 5.24. The minimum absolute atomic E-state index is 0.533. The third-order valence-electron chi connectivity index (χ3n) is 2.64. The number of ether oxygens (including phenoxy) is 1. The van der Waals surface area contributed by atoms with Crippen LogP contribution in [0.3, 0.4) is 0 Å². The lowest BCUT2D eigenvalue weighted by atomic mass is 10.1. The van der Waals surface area contributed by atoms with E-state index in [2.05, 4.69) is 13.0 Å². The quantitative estimate of drug-likeness (QED) is 0.705. The Labute approximate surface area is 107 Å². The summed E-state index contributed by atoms with van der Waals surface area (Å²) >= 11 is 5.79. The molecule has 0 radical (unpaired) electrons. The van der Waals surface area contributed by atoms with Crippen molar-refractivity contribution in [2.75, 3.05) is 0 Å². The lowest BCUT2D eigenvalue weighted by molar-refractivity contribution is 0.478. The van der Waals surface area contributed by atoms with E-state index in [1.54, 1.807) is 0 Å². The fourth-order valence-electron chi connectivity index (χ4n) is 1.64. The van der Waals surface area contributed by atoms with Crippen LogP contribution in [0.5, 0.6) is 11.5 Å². The Bertz CT molecular complexity index is 503. The maximum Gasteiger partial charge on any atom is 0.130 e. The van der Waals surface area contributed by atoms with Crippen molar-refractivity contribution >= 4 is 11.6 Å². The first kappa shape index (κ1) is 12.0. The monoisotopic (exact) mass is 246 g/mol. The molecule has 0 fully saturated rings. The highest BCUT2D eigenvalue weighted by Gasteiger charge is 2.02. The molecule has 2 heteroatoms. The van der Waals surface area contributed by atoms with Crippen LogP contribution in [0.1, 0.15) is 16.7 Å². The predicted molar refractivity (Wildman–Crippen MR) is 72.0 cm³/mol. The Morgan fingerprint density at radius 1 is 1.00 bits per heavy atom. The van der Waals surface area contributed by atoms with E-state index in [-0.39, 0.29) is 0 Å². The van der Waals surface area contributed by atoms with E-state index in [9.17, 15) is 0 Å². The zero-order chi connectivity index (χ0) is 12.3. The molecule has 2 aromatic rings. The van der Waals surface area contributed by atoms with Gasteiger partial charge in [0, 0.05) is 5.88 Å². The molecular weight excluding hydrogens is 232 g/mol. The number of aryl methyl sites for hydroxylation is 2. The zero-order valence-corrected chi connectivity index (χ0v) is 10.8. The Kier molecular flexibility index (Phi) is 3.70. The summed E-state index contributed by atoms with van der Waals surface area (Å²) < 4.78 is 5.82. The smallest absolute Gasteiger partial charge is 0.130 e. The van der Waals surface area contributed by atoms with Gasteiger partial charge in [-0.2, -0.15) is 0 Å². The molecule has 1 nitrogen and oxygen atoms in total. The molecule has 0 spiro atoms. The van der Waals surface area contributed by atoms with Crippen LogP contribution in [-0.4, -0.2) is 0 Å². The first-order chi connectivity index (χ1) is 8.19. The highest BCUT2D eigenvalue weighted by molar-refractivity contribution is 6.17. The SMILES string of the molecule is Cc1ccc(Oc2ccc(CCl)cc2C)cc1. The maximum absolute atomic E-state index is 5.82. The number of halogens is 1. The molecule has 0 aliphatic rings. The maximum atomic E-state index is 5.82. The molecule has 0 aromatic heterocycles. The van der Waals surface area contributed by atoms with Crippen molar-refractivity contribution in [2.24, 2.45) is 0 Å². The van der Waals surface area contributed by atoms with Gasteiger partial charge in [0.05, 0.1) is 0 Å². The van der Waals surface area contributed by atoms with Crippen LogP contribution in [0.15, 0.2) is 42.5 Å². The van der Waals surface area contributed by atoms with Crippen LogP contribution in [0.25, 0.3) is 0 Å². The molecule has 0 N–H and O–H groups in total. The van der Waals surface area contributed by atoms with Gasteiger partial charge in [-0.15, -0.1) is 11.6 Å². The summed E-state index contributed by atoms with van der Waals surface area (Å²) in [6, 6.07) is 14.0. The summed E-state index contributed by atoms with van der Waals surface area (Å²) in [5, 5.41) is 0. The summed E-state index contributed by atoms with van der Waals surface area (Å²) in [5.74, 6) is 2.27. The second-order valence-corrected chi connectivity index (χ2v) is 4.42. The van der Waals surface area contributed by atoms with Gasteiger partial charge in [-0.25, -0.2) is 0 Å². The van der Waals surface area contributed by atoms with E-state index < -0.39 is 0 Å². The molecule has 0 amide bonds.